The van der Waals surface area contributed by atoms with Crippen LogP contribution in [0.2, 0.25) is 0 Å². The van der Waals surface area contributed by atoms with Gasteiger partial charge in [-0.2, -0.15) is 0 Å². The van der Waals surface area contributed by atoms with Crippen molar-refractivity contribution in [2.24, 2.45) is 0 Å². The molecule has 14 heavy (non-hydrogen) atoms. The zero-order chi connectivity index (χ0) is 10.4. The average molecular weight is 260 g/mol. The molecule has 0 fully saturated rings. The lowest BCUT2D eigenvalue weighted by molar-refractivity contribution is 0.134. The van der Waals surface area contributed by atoms with Gasteiger partial charge in [-0.25, -0.2) is 4.98 Å². The minimum atomic E-state index is 0.135. The van der Waals surface area contributed by atoms with E-state index in [1.54, 1.807) is 13.3 Å². The van der Waals surface area contributed by atoms with Crippen LogP contribution in [-0.2, 0) is 4.74 Å². The molecule has 0 N–H and O–H groups in total. The third-order valence-electron chi connectivity index (χ3n) is 1.78. The molecule has 1 unspecified atom stereocenters. The van der Waals surface area contributed by atoms with Gasteiger partial charge in [0.25, 0.3) is 0 Å². The summed E-state index contributed by atoms with van der Waals surface area (Å²) < 4.78 is 11.4. The Bertz CT molecular complexity index is 281. The topological polar surface area (TPSA) is 31.4 Å². The minimum absolute atomic E-state index is 0.135. The lowest BCUT2D eigenvalue weighted by Crippen LogP contribution is -2.14. The van der Waals surface area contributed by atoms with Crippen molar-refractivity contribution < 1.29 is 9.47 Å². The van der Waals surface area contributed by atoms with Gasteiger partial charge in [0.1, 0.15) is 4.60 Å². The summed E-state index contributed by atoms with van der Waals surface area (Å²) in [6.07, 6.45) is 2.73. The summed E-state index contributed by atoms with van der Waals surface area (Å²) >= 11 is 3.33. The summed E-state index contributed by atoms with van der Waals surface area (Å²) in [6, 6.07) is 3.74. The van der Waals surface area contributed by atoms with Crippen LogP contribution in [0.5, 0.6) is 5.75 Å². The SMILES string of the molecule is COCCC(C)Oc1cccnc1Br. The molecule has 0 radical (unpaired) electrons. The zero-order valence-corrected chi connectivity index (χ0v) is 9.95. The van der Waals surface area contributed by atoms with Gasteiger partial charge < -0.3 is 9.47 Å². The molecular formula is C10H14BrNO2. The molecule has 0 amide bonds. The van der Waals surface area contributed by atoms with Crippen LogP contribution in [0.3, 0.4) is 0 Å². The summed E-state index contributed by atoms with van der Waals surface area (Å²) in [5.41, 5.74) is 0. The van der Waals surface area contributed by atoms with Crippen LogP contribution in [0.4, 0.5) is 0 Å². The van der Waals surface area contributed by atoms with E-state index in [-0.39, 0.29) is 6.10 Å². The van der Waals surface area contributed by atoms with E-state index < -0.39 is 0 Å². The Morgan fingerprint density at radius 2 is 2.36 bits per heavy atom. The van der Waals surface area contributed by atoms with E-state index in [4.69, 9.17) is 9.47 Å². The maximum absolute atomic E-state index is 5.66. The molecular weight excluding hydrogens is 246 g/mol. The summed E-state index contributed by atoms with van der Waals surface area (Å²) in [5, 5.41) is 0. The fourth-order valence-electron chi connectivity index (χ4n) is 1.02. The van der Waals surface area contributed by atoms with Gasteiger partial charge in [0, 0.05) is 26.3 Å². The molecule has 0 aliphatic heterocycles. The van der Waals surface area contributed by atoms with Gasteiger partial charge in [0.2, 0.25) is 0 Å². The van der Waals surface area contributed by atoms with Crippen molar-refractivity contribution in [2.45, 2.75) is 19.4 Å². The second-order valence-corrected chi connectivity index (χ2v) is 3.75. The summed E-state index contributed by atoms with van der Waals surface area (Å²) in [4.78, 5) is 4.07. The Kier molecular flexibility index (Phi) is 4.90. The van der Waals surface area contributed by atoms with Crippen molar-refractivity contribution >= 4 is 15.9 Å². The van der Waals surface area contributed by atoms with Crippen molar-refractivity contribution in [3.63, 3.8) is 0 Å². The fourth-order valence-corrected chi connectivity index (χ4v) is 1.36. The average Bonchev–Trinajstić information content (AvgIpc) is 2.18. The van der Waals surface area contributed by atoms with Crippen molar-refractivity contribution in [1.82, 2.24) is 4.98 Å². The molecule has 0 bridgehead atoms. The first-order valence-corrected chi connectivity index (χ1v) is 5.29. The van der Waals surface area contributed by atoms with E-state index >= 15 is 0 Å². The Morgan fingerprint density at radius 1 is 1.57 bits per heavy atom. The number of pyridine rings is 1. The molecule has 1 heterocycles. The Labute approximate surface area is 92.6 Å². The zero-order valence-electron chi connectivity index (χ0n) is 8.37. The van der Waals surface area contributed by atoms with E-state index in [9.17, 15) is 0 Å². The van der Waals surface area contributed by atoms with Crippen molar-refractivity contribution in [3.8, 4) is 5.75 Å². The molecule has 0 spiro atoms. The van der Waals surface area contributed by atoms with Gasteiger partial charge in [-0.05, 0) is 35.0 Å². The number of hydrogen-bond donors (Lipinski definition) is 0. The lowest BCUT2D eigenvalue weighted by atomic mass is 10.3. The van der Waals surface area contributed by atoms with Gasteiger partial charge in [-0.1, -0.05) is 0 Å². The second kappa shape index (κ2) is 5.98. The van der Waals surface area contributed by atoms with Gasteiger partial charge in [0.05, 0.1) is 6.10 Å². The molecule has 3 nitrogen and oxygen atoms in total. The van der Waals surface area contributed by atoms with Gasteiger partial charge in [-0.15, -0.1) is 0 Å². The highest BCUT2D eigenvalue weighted by atomic mass is 79.9. The quantitative estimate of drug-likeness (QED) is 0.762. The Balaban J connectivity index is 2.47. The number of rotatable bonds is 5. The van der Waals surface area contributed by atoms with Crippen LogP contribution in [0.1, 0.15) is 13.3 Å². The highest BCUT2D eigenvalue weighted by Crippen LogP contribution is 2.22. The Morgan fingerprint density at radius 3 is 3.00 bits per heavy atom. The fraction of sp³-hybridized carbons (Fsp3) is 0.500. The molecule has 0 aliphatic carbocycles. The molecule has 0 saturated heterocycles. The van der Waals surface area contributed by atoms with Crippen molar-refractivity contribution in [3.05, 3.63) is 22.9 Å². The molecule has 1 aromatic rings. The van der Waals surface area contributed by atoms with E-state index in [1.165, 1.54) is 0 Å². The van der Waals surface area contributed by atoms with E-state index in [1.807, 2.05) is 19.1 Å². The highest BCUT2D eigenvalue weighted by molar-refractivity contribution is 9.10. The highest BCUT2D eigenvalue weighted by Gasteiger charge is 2.06. The van der Waals surface area contributed by atoms with Crippen LogP contribution >= 0.6 is 15.9 Å². The first kappa shape index (κ1) is 11.5. The maximum Gasteiger partial charge on any atom is 0.152 e. The number of nitrogens with zero attached hydrogens (tertiary/aromatic N) is 1. The van der Waals surface area contributed by atoms with Crippen LogP contribution in [0.15, 0.2) is 22.9 Å². The maximum atomic E-state index is 5.66. The first-order chi connectivity index (χ1) is 6.74. The first-order valence-electron chi connectivity index (χ1n) is 4.50. The monoisotopic (exact) mass is 259 g/mol. The summed E-state index contributed by atoms with van der Waals surface area (Å²) in [6.45, 7) is 2.72. The van der Waals surface area contributed by atoms with Crippen LogP contribution < -0.4 is 4.74 Å². The molecule has 0 aromatic carbocycles. The minimum Gasteiger partial charge on any atom is -0.488 e. The summed E-state index contributed by atoms with van der Waals surface area (Å²) in [7, 11) is 1.69. The number of ether oxygens (including phenoxy) is 2. The molecule has 78 valence electrons. The second-order valence-electron chi connectivity index (χ2n) is 3.00. The van der Waals surface area contributed by atoms with E-state index in [0.29, 0.717) is 6.61 Å². The lowest BCUT2D eigenvalue weighted by Gasteiger charge is -2.14. The van der Waals surface area contributed by atoms with Gasteiger partial charge in [0.15, 0.2) is 5.75 Å². The van der Waals surface area contributed by atoms with E-state index in [0.717, 1.165) is 16.8 Å². The third kappa shape index (κ3) is 3.64. The van der Waals surface area contributed by atoms with Gasteiger partial charge in [-0.3, -0.25) is 0 Å². The van der Waals surface area contributed by atoms with Crippen LogP contribution in [0, 0.1) is 0 Å². The number of aromatic nitrogens is 1. The van der Waals surface area contributed by atoms with Crippen LogP contribution in [0.25, 0.3) is 0 Å². The number of halogens is 1. The Hall–Kier alpha value is -0.610. The molecule has 0 saturated carbocycles. The molecule has 1 atom stereocenters. The number of hydrogen-bond acceptors (Lipinski definition) is 3. The van der Waals surface area contributed by atoms with Crippen LogP contribution in [-0.4, -0.2) is 24.8 Å². The number of methoxy groups -OCH3 is 1. The largest absolute Gasteiger partial charge is 0.488 e. The van der Waals surface area contributed by atoms with E-state index in [2.05, 4.69) is 20.9 Å². The standard InChI is InChI=1S/C10H14BrNO2/c1-8(5-7-13-2)14-9-4-3-6-12-10(9)11/h3-4,6,8H,5,7H2,1-2H3. The van der Waals surface area contributed by atoms with Gasteiger partial charge >= 0.3 is 0 Å². The summed E-state index contributed by atoms with van der Waals surface area (Å²) in [5.74, 6) is 0.774. The predicted octanol–water partition coefficient (Wildman–Crippen LogP) is 2.65. The third-order valence-corrected chi connectivity index (χ3v) is 2.38. The van der Waals surface area contributed by atoms with Crippen molar-refractivity contribution in [1.29, 1.82) is 0 Å². The van der Waals surface area contributed by atoms with Crippen molar-refractivity contribution in [2.75, 3.05) is 13.7 Å². The predicted molar refractivity (Wildman–Crippen MR) is 58.5 cm³/mol. The molecule has 0 aliphatic rings. The molecule has 1 rings (SSSR count). The normalized spacial score (nSPS) is 12.5. The smallest absolute Gasteiger partial charge is 0.152 e. The molecule has 4 heteroatoms. The molecule has 1 aromatic heterocycles.